The SMILES string of the molecule is O=C(Nc1ccc(OC2CCN(C(=O)C3CCCO3)CC2)cc1)C1CN(c2ccnnc2)C1. The molecule has 3 fully saturated rings. The molecule has 2 amide bonds. The molecule has 1 unspecified atom stereocenters. The van der Waals surface area contributed by atoms with E-state index in [2.05, 4.69) is 20.4 Å². The van der Waals surface area contributed by atoms with Crippen LogP contribution in [-0.4, -0.2) is 71.9 Å². The van der Waals surface area contributed by atoms with E-state index in [-0.39, 0.29) is 29.9 Å². The van der Waals surface area contributed by atoms with Crippen LogP contribution in [0.15, 0.2) is 42.7 Å². The summed E-state index contributed by atoms with van der Waals surface area (Å²) in [5.41, 5.74) is 1.74. The summed E-state index contributed by atoms with van der Waals surface area (Å²) in [6.45, 7) is 3.44. The highest BCUT2D eigenvalue weighted by atomic mass is 16.5. The maximum Gasteiger partial charge on any atom is 0.251 e. The number of piperidine rings is 1. The smallest absolute Gasteiger partial charge is 0.251 e. The fourth-order valence-electron chi connectivity index (χ4n) is 4.55. The second-order valence-electron chi connectivity index (χ2n) is 8.86. The molecule has 174 valence electrons. The van der Waals surface area contributed by atoms with Gasteiger partial charge in [-0.3, -0.25) is 9.59 Å². The molecule has 1 N–H and O–H groups in total. The van der Waals surface area contributed by atoms with Crippen LogP contribution in [0.4, 0.5) is 11.4 Å². The molecular weight excluding hydrogens is 422 g/mol. The molecular formula is C24H29N5O4. The van der Waals surface area contributed by atoms with E-state index in [1.54, 1.807) is 12.4 Å². The first kappa shape index (κ1) is 21.6. The summed E-state index contributed by atoms with van der Waals surface area (Å²) in [4.78, 5) is 29.0. The third-order valence-corrected chi connectivity index (χ3v) is 6.57. The van der Waals surface area contributed by atoms with Crippen molar-refractivity contribution in [2.45, 2.75) is 37.9 Å². The quantitative estimate of drug-likeness (QED) is 0.718. The highest BCUT2D eigenvalue weighted by molar-refractivity contribution is 5.94. The van der Waals surface area contributed by atoms with Gasteiger partial charge in [-0.1, -0.05) is 0 Å². The number of carbonyl (C=O) groups is 2. The largest absolute Gasteiger partial charge is 0.490 e. The topological polar surface area (TPSA) is 96.9 Å². The number of hydrogen-bond donors (Lipinski definition) is 1. The summed E-state index contributed by atoms with van der Waals surface area (Å²) in [6.07, 6.45) is 6.61. The number of carbonyl (C=O) groups excluding carboxylic acids is 2. The molecule has 0 saturated carbocycles. The van der Waals surface area contributed by atoms with Gasteiger partial charge in [0.2, 0.25) is 5.91 Å². The maximum absolute atomic E-state index is 12.5. The zero-order chi connectivity index (χ0) is 22.6. The molecule has 0 bridgehead atoms. The van der Waals surface area contributed by atoms with Gasteiger partial charge in [-0.05, 0) is 43.2 Å². The predicted molar refractivity (Wildman–Crippen MR) is 122 cm³/mol. The first-order valence-electron chi connectivity index (χ1n) is 11.7. The van der Waals surface area contributed by atoms with Crippen LogP contribution in [0.25, 0.3) is 0 Å². The van der Waals surface area contributed by atoms with Crippen molar-refractivity contribution in [3.05, 3.63) is 42.7 Å². The van der Waals surface area contributed by atoms with E-state index in [1.165, 1.54) is 0 Å². The van der Waals surface area contributed by atoms with E-state index in [9.17, 15) is 9.59 Å². The number of benzene rings is 1. The fourth-order valence-corrected chi connectivity index (χ4v) is 4.55. The number of amides is 2. The van der Waals surface area contributed by atoms with E-state index in [4.69, 9.17) is 9.47 Å². The van der Waals surface area contributed by atoms with Gasteiger partial charge in [-0.2, -0.15) is 10.2 Å². The third-order valence-electron chi connectivity index (χ3n) is 6.57. The molecule has 1 aromatic carbocycles. The Hall–Kier alpha value is -3.20. The van der Waals surface area contributed by atoms with Crippen molar-refractivity contribution < 1.29 is 19.1 Å². The Morgan fingerprint density at radius 3 is 2.48 bits per heavy atom. The van der Waals surface area contributed by atoms with Crippen LogP contribution in [0.5, 0.6) is 5.75 Å². The molecule has 9 heteroatoms. The minimum atomic E-state index is -0.249. The van der Waals surface area contributed by atoms with Gasteiger partial charge in [0.15, 0.2) is 0 Å². The molecule has 1 aromatic heterocycles. The van der Waals surface area contributed by atoms with Crippen LogP contribution in [0.1, 0.15) is 25.7 Å². The Labute approximate surface area is 193 Å². The van der Waals surface area contributed by atoms with E-state index < -0.39 is 0 Å². The number of ether oxygens (including phenoxy) is 2. The van der Waals surface area contributed by atoms with E-state index in [0.717, 1.165) is 42.8 Å². The highest BCUT2D eigenvalue weighted by Gasteiger charge is 2.33. The van der Waals surface area contributed by atoms with Crippen LogP contribution in [-0.2, 0) is 14.3 Å². The van der Waals surface area contributed by atoms with Gasteiger partial charge >= 0.3 is 0 Å². The number of aromatic nitrogens is 2. The normalized spacial score (nSPS) is 21.5. The average molecular weight is 452 g/mol. The van der Waals surface area contributed by atoms with Crippen LogP contribution in [0.2, 0.25) is 0 Å². The fraction of sp³-hybridized carbons (Fsp3) is 0.500. The van der Waals surface area contributed by atoms with Crippen molar-refractivity contribution in [1.29, 1.82) is 0 Å². The monoisotopic (exact) mass is 451 g/mol. The third kappa shape index (κ3) is 5.08. The Kier molecular flexibility index (Phi) is 6.39. The Morgan fingerprint density at radius 2 is 1.82 bits per heavy atom. The molecule has 33 heavy (non-hydrogen) atoms. The lowest BCUT2D eigenvalue weighted by molar-refractivity contribution is -0.142. The second-order valence-corrected chi connectivity index (χ2v) is 8.86. The molecule has 0 spiro atoms. The number of anilines is 2. The Morgan fingerprint density at radius 1 is 1.03 bits per heavy atom. The van der Waals surface area contributed by atoms with Crippen molar-refractivity contribution in [3.8, 4) is 5.75 Å². The summed E-state index contributed by atoms with van der Waals surface area (Å²) < 4.78 is 11.6. The molecule has 3 aliphatic heterocycles. The summed E-state index contributed by atoms with van der Waals surface area (Å²) >= 11 is 0. The number of likely N-dealkylation sites (tertiary alicyclic amines) is 1. The van der Waals surface area contributed by atoms with Crippen molar-refractivity contribution in [3.63, 3.8) is 0 Å². The molecule has 9 nitrogen and oxygen atoms in total. The number of nitrogens with zero attached hydrogens (tertiary/aromatic N) is 4. The maximum atomic E-state index is 12.5. The lowest BCUT2D eigenvalue weighted by Crippen LogP contribution is -2.52. The van der Waals surface area contributed by atoms with Crippen LogP contribution in [0, 0.1) is 5.92 Å². The van der Waals surface area contributed by atoms with E-state index in [1.807, 2.05) is 35.2 Å². The Bertz CT molecular complexity index is 951. The zero-order valence-electron chi connectivity index (χ0n) is 18.6. The number of rotatable bonds is 6. The summed E-state index contributed by atoms with van der Waals surface area (Å²) in [7, 11) is 0. The second kappa shape index (κ2) is 9.74. The van der Waals surface area contributed by atoms with Gasteiger partial charge in [0.1, 0.15) is 18.0 Å². The van der Waals surface area contributed by atoms with Crippen molar-refractivity contribution in [2.24, 2.45) is 5.92 Å². The molecule has 3 aliphatic rings. The minimum Gasteiger partial charge on any atom is -0.490 e. The van der Waals surface area contributed by atoms with Gasteiger partial charge in [0.25, 0.3) is 5.91 Å². The van der Waals surface area contributed by atoms with Gasteiger partial charge in [0, 0.05) is 51.3 Å². The van der Waals surface area contributed by atoms with Gasteiger partial charge < -0.3 is 24.6 Å². The zero-order valence-corrected chi connectivity index (χ0v) is 18.6. The predicted octanol–water partition coefficient (Wildman–Crippen LogP) is 2.10. The minimum absolute atomic E-state index is 0.0187. The van der Waals surface area contributed by atoms with E-state index >= 15 is 0 Å². The van der Waals surface area contributed by atoms with Crippen LogP contribution in [0.3, 0.4) is 0 Å². The number of nitrogens with one attached hydrogen (secondary N) is 1. The van der Waals surface area contributed by atoms with Crippen molar-refractivity contribution >= 4 is 23.2 Å². The number of hydrogen-bond acceptors (Lipinski definition) is 7. The Balaban J connectivity index is 1.05. The van der Waals surface area contributed by atoms with Gasteiger partial charge in [-0.25, -0.2) is 0 Å². The molecule has 4 heterocycles. The summed E-state index contributed by atoms with van der Waals surface area (Å²) in [5.74, 6) is 0.872. The van der Waals surface area contributed by atoms with Gasteiger partial charge in [-0.15, -0.1) is 0 Å². The lowest BCUT2D eigenvalue weighted by atomic mass is 9.98. The lowest BCUT2D eigenvalue weighted by Gasteiger charge is -2.39. The van der Waals surface area contributed by atoms with Crippen molar-refractivity contribution in [1.82, 2.24) is 15.1 Å². The standard InChI is InChI=1S/C24H29N5O4/c30-23(17-15-29(16-17)19-7-10-25-26-14-19)27-18-3-5-20(6-4-18)33-21-8-11-28(12-9-21)24(31)22-2-1-13-32-22/h3-7,10,14,17,21-22H,1-2,8-9,11-13,15-16H2,(H,27,30). The van der Waals surface area contributed by atoms with E-state index in [0.29, 0.717) is 32.8 Å². The van der Waals surface area contributed by atoms with Crippen LogP contribution < -0.4 is 15.0 Å². The molecule has 2 aromatic rings. The molecule has 3 saturated heterocycles. The molecule has 5 rings (SSSR count). The van der Waals surface area contributed by atoms with Crippen molar-refractivity contribution in [2.75, 3.05) is 43.0 Å². The first-order valence-corrected chi connectivity index (χ1v) is 11.7. The molecule has 1 atom stereocenters. The molecule has 0 radical (unpaired) electrons. The van der Waals surface area contributed by atoms with Crippen LogP contribution >= 0.6 is 0 Å². The highest BCUT2D eigenvalue weighted by Crippen LogP contribution is 2.26. The van der Waals surface area contributed by atoms with Gasteiger partial charge in [0.05, 0.1) is 24.0 Å². The first-order chi connectivity index (χ1) is 16.2. The average Bonchev–Trinajstić information content (AvgIpc) is 3.35. The molecule has 0 aliphatic carbocycles. The summed E-state index contributed by atoms with van der Waals surface area (Å²) in [5, 5.41) is 10.6. The summed E-state index contributed by atoms with van der Waals surface area (Å²) in [6, 6.07) is 9.40.